The van der Waals surface area contributed by atoms with Crippen LogP contribution in [-0.2, 0) is 13.0 Å². The lowest BCUT2D eigenvalue weighted by Gasteiger charge is -2.09. The van der Waals surface area contributed by atoms with E-state index in [2.05, 4.69) is 43.2 Å². The highest BCUT2D eigenvalue weighted by Crippen LogP contribution is 2.16. The summed E-state index contributed by atoms with van der Waals surface area (Å²) in [5, 5.41) is 7.94. The van der Waals surface area contributed by atoms with Crippen molar-refractivity contribution in [3.63, 3.8) is 0 Å². The maximum absolute atomic E-state index is 5.75. The largest absolute Gasteiger partial charge is 0.494 e. The van der Waals surface area contributed by atoms with E-state index in [0.29, 0.717) is 12.4 Å². The van der Waals surface area contributed by atoms with Crippen molar-refractivity contribution >= 4 is 5.82 Å². The third kappa shape index (κ3) is 3.29. The third-order valence-corrected chi connectivity index (χ3v) is 3.46. The minimum Gasteiger partial charge on any atom is -0.494 e. The van der Waals surface area contributed by atoms with E-state index in [4.69, 9.17) is 10.5 Å². The Morgan fingerprint density at radius 3 is 2.75 bits per heavy atom. The fraction of sp³-hybridized carbons (Fsp3) is 0.467. The van der Waals surface area contributed by atoms with Gasteiger partial charge in [0.25, 0.3) is 0 Å². The van der Waals surface area contributed by atoms with Crippen LogP contribution < -0.4 is 10.5 Å². The molecule has 0 saturated heterocycles. The van der Waals surface area contributed by atoms with Crippen molar-refractivity contribution in [1.29, 1.82) is 0 Å². The van der Waals surface area contributed by atoms with E-state index in [1.54, 1.807) is 0 Å². The maximum Gasteiger partial charge on any atom is 0.169 e. The highest BCUT2D eigenvalue weighted by atomic mass is 16.5. The molecule has 5 heteroatoms. The van der Waals surface area contributed by atoms with Gasteiger partial charge in [0.15, 0.2) is 5.82 Å². The number of nitrogens with two attached hydrogens (primary N) is 1. The van der Waals surface area contributed by atoms with Crippen LogP contribution in [0.1, 0.15) is 30.2 Å². The summed E-state index contributed by atoms with van der Waals surface area (Å²) >= 11 is 0. The molecule has 0 saturated carbocycles. The summed E-state index contributed by atoms with van der Waals surface area (Å²) in [6, 6.07) is 6.16. The molecule has 0 spiro atoms. The van der Waals surface area contributed by atoms with E-state index in [9.17, 15) is 0 Å². The molecule has 5 nitrogen and oxygen atoms in total. The molecular formula is C15H22N4O. The van der Waals surface area contributed by atoms with Gasteiger partial charge in [-0.15, -0.1) is 5.10 Å². The molecule has 2 N–H and O–H groups in total. The van der Waals surface area contributed by atoms with Gasteiger partial charge in [-0.25, -0.2) is 4.68 Å². The van der Waals surface area contributed by atoms with Gasteiger partial charge < -0.3 is 10.5 Å². The van der Waals surface area contributed by atoms with Crippen molar-refractivity contribution in [2.45, 2.75) is 40.2 Å². The Morgan fingerprint density at radius 1 is 1.25 bits per heavy atom. The molecule has 2 aromatic rings. The highest BCUT2D eigenvalue weighted by molar-refractivity contribution is 5.34. The molecule has 1 aromatic carbocycles. The molecule has 108 valence electrons. The Bertz CT molecular complexity index is 577. The van der Waals surface area contributed by atoms with Crippen LogP contribution in [0.25, 0.3) is 0 Å². The van der Waals surface area contributed by atoms with Crippen molar-refractivity contribution in [2.75, 3.05) is 12.3 Å². The quantitative estimate of drug-likeness (QED) is 0.822. The predicted octanol–water partition coefficient (Wildman–Crippen LogP) is 2.51. The summed E-state index contributed by atoms with van der Waals surface area (Å²) in [5.74, 6) is 1.45. The molecule has 0 fully saturated rings. The van der Waals surface area contributed by atoms with Crippen molar-refractivity contribution in [3.05, 3.63) is 35.0 Å². The second-order valence-electron chi connectivity index (χ2n) is 4.95. The Hall–Kier alpha value is -2.04. The number of aryl methyl sites for hydroxylation is 3. The number of anilines is 1. The molecular weight excluding hydrogens is 252 g/mol. The van der Waals surface area contributed by atoms with E-state index in [0.717, 1.165) is 30.8 Å². The summed E-state index contributed by atoms with van der Waals surface area (Å²) in [6.07, 6.45) is 1.72. The van der Waals surface area contributed by atoms with Crippen LogP contribution in [0.2, 0.25) is 0 Å². The van der Waals surface area contributed by atoms with Crippen LogP contribution in [-0.4, -0.2) is 21.6 Å². The van der Waals surface area contributed by atoms with Crippen LogP contribution in [0.4, 0.5) is 5.82 Å². The van der Waals surface area contributed by atoms with Gasteiger partial charge in [-0.2, -0.15) is 0 Å². The molecule has 0 aliphatic carbocycles. The van der Waals surface area contributed by atoms with E-state index < -0.39 is 0 Å². The first-order valence-corrected chi connectivity index (χ1v) is 6.99. The minimum absolute atomic E-state index is 0.530. The molecule has 1 heterocycles. The zero-order valence-electron chi connectivity index (χ0n) is 12.4. The van der Waals surface area contributed by atoms with Crippen LogP contribution >= 0.6 is 0 Å². The summed E-state index contributed by atoms with van der Waals surface area (Å²) in [6.45, 7) is 7.68. The maximum atomic E-state index is 5.75. The number of hydrogen-bond donors (Lipinski definition) is 1. The first-order chi connectivity index (χ1) is 9.61. The molecule has 0 amide bonds. The van der Waals surface area contributed by atoms with Crippen molar-refractivity contribution < 1.29 is 4.74 Å². The first-order valence-electron chi connectivity index (χ1n) is 6.99. The SMILES string of the molecule is CCc1c(N)nnn1CCCOc1ccc(C)c(C)c1. The number of aromatic nitrogens is 3. The van der Waals surface area contributed by atoms with Crippen molar-refractivity contribution in [2.24, 2.45) is 0 Å². The second kappa shape index (κ2) is 6.41. The lowest BCUT2D eigenvalue weighted by atomic mass is 10.1. The molecule has 20 heavy (non-hydrogen) atoms. The zero-order valence-corrected chi connectivity index (χ0v) is 12.4. The molecule has 0 aliphatic rings. The van der Waals surface area contributed by atoms with Crippen molar-refractivity contribution in [1.82, 2.24) is 15.0 Å². The lowest BCUT2D eigenvalue weighted by molar-refractivity contribution is 0.296. The van der Waals surface area contributed by atoms with Gasteiger partial charge in [0.05, 0.1) is 12.3 Å². The molecule has 2 rings (SSSR count). The van der Waals surface area contributed by atoms with Crippen LogP contribution in [0.5, 0.6) is 5.75 Å². The van der Waals surface area contributed by atoms with E-state index in [1.165, 1.54) is 11.1 Å². The summed E-state index contributed by atoms with van der Waals surface area (Å²) in [5.41, 5.74) is 9.28. The van der Waals surface area contributed by atoms with Gasteiger partial charge in [-0.1, -0.05) is 18.2 Å². The first kappa shape index (κ1) is 14.4. The number of nitrogen functional groups attached to an aromatic ring is 1. The Morgan fingerprint density at radius 2 is 2.05 bits per heavy atom. The molecule has 0 aliphatic heterocycles. The van der Waals surface area contributed by atoms with Gasteiger partial charge in [-0.05, 0) is 43.5 Å². The van der Waals surface area contributed by atoms with Crippen LogP contribution in [0.3, 0.4) is 0 Å². The number of rotatable bonds is 6. The molecule has 0 unspecified atom stereocenters. The number of hydrogen-bond acceptors (Lipinski definition) is 4. The van der Waals surface area contributed by atoms with Gasteiger partial charge in [-0.3, -0.25) is 0 Å². The fourth-order valence-corrected chi connectivity index (χ4v) is 2.10. The number of ether oxygens (including phenoxy) is 1. The molecule has 0 radical (unpaired) electrons. The number of nitrogens with zero attached hydrogens (tertiary/aromatic N) is 3. The van der Waals surface area contributed by atoms with Gasteiger partial charge >= 0.3 is 0 Å². The van der Waals surface area contributed by atoms with Gasteiger partial charge in [0.1, 0.15) is 5.75 Å². The smallest absolute Gasteiger partial charge is 0.169 e. The Kier molecular flexibility index (Phi) is 4.61. The third-order valence-electron chi connectivity index (χ3n) is 3.46. The van der Waals surface area contributed by atoms with E-state index in [-0.39, 0.29) is 0 Å². The normalized spacial score (nSPS) is 10.8. The standard InChI is InChI=1S/C15H22N4O/c1-4-14-15(16)17-18-19(14)8-5-9-20-13-7-6-11(2)12(3)10-13/h6-7,10H,4-5,8-9,16H2,1-3H3. The van der Waals surface area contributed by atoms with Crippen LogP contribution in [0.15, 0.2) is 18.2 Å². The monoisotopic (exact) mass is 274 g/mol. The fourth-order valence-electron chi connectivity index (χ4n) is 2.10. The summed E-state index contributed by atoms with van der Waals surface area (Å²) < 4.78 is 7.61. The minimum atomic E-state index is 0.530. The van der Waals surface area contributed by atoms with Gasteiger partial charge in [0.2, 0.25) is 0 Å². The van der Waals surface area contributed by atoms with E-state index in [1.807, 2.05) is 10.7 Å². The number of benzene rings is 1. The zero-order chi connectivity index (χ0) is 14.5. The van der Waals surface area contributed by atoms with Crippen molar-refractivity contribution in [3.8, 4) is 5.75 Å². The Balaban J connectivity index is 1.83. The summed E-state index contributed by atoms with van der Waals surface area (Å²) in [7, 11) is 0. The lowest BCUT2D eigenvalue weighted by Crippen LogP contribution is -2.09. The second-order valence-corrected chi connectivity index (χ2v) is 4.95. The van der Waals surface area contributed by atoms with E-state index >= 15 is 0 Å². The molecule has 0 bridgehead atoms. The summed E-state index contributed by atoms with van der Waals surface area (Å²) in [4.78, 5) is 0. The van der Waals surface area contributed by atoms with Gasteiger partial charge in [0, 0.05) is 13.0 Å². The highest BCUT2D eigenvalue weighted by Gasteiger charge is 2.07. The van der Waals surface area contributed by atoms with Crippen LogP contribution in [0, 0.1) is 13.8 Å². The topological polar surface area (TPSA) is 66.0 Å². The average molecular weight is 274 g/mol. The average Bonchev–Trinajstić information content (AvgIpc) is 2.79. The molecule has 1 aromatic heterocycles. The molecule has 0 atom stereocenters. The Labute approximate surface area is 119 Å². The predicted molar refractivity (Wildman–Crippen MR) is 79.8 cm³/mol.